The van der Waals surface area contributed by atoms with Crippen molar-refractivity contribution in [2.24, 2.45) is 5.92 Å². The van der Waals surface area contributed by atoms with Crippen molar-refractivity contribution < 1.29 is 14.7 Å². The van der Waals surface area contributed by atoms with Crippen LogP contribution in [0.15, 0.2) is 0 Å². The van der Waals surface area contributed by atoms with Gasteiger partial charge in [0.1, 0.15) is 0 Å². The van der Waals surface area contributed by atoms with Gasteiger partial charge in [-0.3, -0.25) is 4.79 Å². The largest absolute Gasteiger partial charge is 0.481 e. The van der Waals surface area contributed by atoms with E-state index >= 15 is 0 Å². The highest BCUT2D eigenvalue weighted by atomic mass is 16.4. The first-order valence-electron chi connectivity index (χ1n) is 7.32. The van der Waals surface area contributed by atoms with Gasteiger partial charge in [0.2, 0.25) is 0 Å². The van der Waals surface area contributed by atoms with Crippen molar-refractivity contribution >= 4 is 12.0 Å². The fourth-order valence-corrected chi connectivity index (χ4v) is 1.72. The maximum atomic E-state index is 11.6. The van der Waals surface area contributed by atoms with Gasteiger partial charge in [-0.1, -0.05) is 20.3 Å². The number of carbonyl (C=O) groups is 2. The molecule has 3 N–H and O–H groups in total. The van der Waals surface area contributed by atoms with E-state index in [1.165, 1.54) is 0 Å². The van der Waals surface area contributed by atoms with Crippen molar-refractivity contribution in [3.63, 3.8) is 0 Å². The molecular formula is C14H29N3O3. The summed E-state index contributed by atoms with van der Waals surface area (Å²) < 4.78 is 0. The second kappa shape index (κ2) is 10.5. The number of hydrogen-bond donors (Lipinski definition) is 3. The van der Waals surface area contributed by atoms with Crippen LogP contribution in [0.5, 0.6) is 0 Å². The Morgan fingerprint density at radius 1 is 1.25 bits per heavy atom. The van der Waals surface area contributed by atoms with Crippen LogP contribution in [0, 0.1) is 5.92 Å². The van der Waals surface area contributed by atoms with Gasteiger partial charge in [0.05, 0.1) is 5.92 Å². The molecule has 0 bridgehead atoms. The smallest absolute Gasteiger partial charge is 0.315 e. The first kappa shape index (κ1) is 18.7. The molecule has 0 aliphatic carbocycles. The summed E-state index contributed by atoms with van der Waals surface area (Å²) in [6, 6.07) is -0.104. The van der Waals surface area contributed by atoms with Crippen LogP contribution in [-0.2, 0) is 4.79 Å². The summed E-state index contributed by atoms with van der Waals surface area (Å²) in [4.78, 5) is 24.4. The van der Waals surface area contributed by atoms with Crippen molar-refractivity contribution in [2.45, 2.75) is 46.1 Å². The molecule has 118 valence electrons. The molecule has 0 aromatic rings. The number of nitrogens with zero attached hydrogens (tertiary/aromatic N) is 1. The molecule has 0 spiro atoms. The molecule has 0 saturated carbocycles. The maximum Gasteiger partial charge on any atom is 0.315 e. The molecule has 0 aliphatic heterocycles. The van der Waals surface area contributed by atoms with Gasteiger partial charge < -0.3 is 20.6 Å². The molecule has 6 heteroatoms. The minimum Gasteiger partial charge on any atom is -0.481 e. The Morgan fingerprint density at radius 3 is 2.45 bits per heavy atom. The van der Waals surface area contributed by atoms with Gasteiger partial charge in [0.25, 0.3) is 0 Å². The number of aliphatic carboxylic acids is 1. The molecular weight excluding hydrogens is 258 g/mol. The van der Waals surface area contributed by atoms with Crippen molar-refractivity contribution in [2.75, 3.05) is 26.7 Å². The third-order valence-corrected chi connectivity index (χ3v) is 3.39. The van der Waals surface area contributed by atoms with Gasteiger partial charge in [-0.2, -0.15) is 0 Å². The van der Waals surface area contributed by atoms with Gasteiger partial charge in [0.15, 0.2) is 0 Å². The topological polar surface area (TPSA) is 81.7 Å². The Bertz CT molecular complexity index is 297. The number of carbonyl (C=O) groups excluding carboxylic acids is 1. The highest BCUT2D eigenvalue weighted by Crippen LogP contribution is 2.09. The molecule has 0 radical (unpaired) electrons. The Morgan fingerprint density at radius 2 is 1.90 bits per heavy atom. The standard InChI is InChI=1S/C14H29N3O3/c1-5-17(4)10-9-15-14(20)16-12(3)8-6-7-11(2)13(18)19/h11-12H,5-10H2,1-4H3,(H,18,19)(H2,15,16,20). The van der Waals surface area contributed by atoms with Crippen molar-refractivity contribution in [3.8, 4) is 0 Å². The lowest BCUT2D eigenvalue weighted by molar-refractivity contribution is -0.141. The SMILES string of the molecule is CCN(C)CCNC(=O)NC(C)CCCC(C)C(=O)O. The van der Waals surface area contributed by atoms with Crippen LogP contribution in [0.25, 0.3) is 0 Å². The quantitative estimate of drug-likeness (QED) is 0.569. The number of amides is 2. The van der Waals surface area contributed by atoms with Gasteiger partial charge in [0, 0.05) is 19.1 Å². The predicted molar refractivity (Wildman–Crippen MR) is 79.8 cm³/mol. The summed E-state index contributed by atoms with van der Waals surface area (Å²) in [5.41, 5.74) is 0. The average Bonchev–Trinajstić information content (AvgIpc) is 2.37. The first-order valence-corrected chi connectivity index (χ1v) is 7.32. The van der Waals surface area contributed by atoms with E-state index in [-0.39, 0.29) is 18.0 Å². The van der Waals surface area contributed by atoms with Gasteiger partial charge in [-0.25, -0.2) is 4.79 Å². The number of likely N-dealkylation sites (N-methyl/N-ethyl adjacent to an activating group) is 1. The summed E-state index contributed by atoms with van der Waals surface area (Å²) in [6.45, 7) is 8.12. The summed E-state index contributed by atoms with van der Waals surface area (Å²) in [5.74, 6) is -1.08. The fraction of sp³-hybridized carbons (Fsp3) is 0.857. The zero-order valence-corrected chi connectivity index (χ0v) is 13.1. The number of carboxylic acid groups (broad SMARTS) is 1. The van der Waals surface area contributed by atoms with E-state index in [0.29, 0.717) is 13.0 Å². The van der Waals surface area contributed by atoms with E-state index in [9.17, 15) is 9.59 Å². The molecule has 2 atom stereocenters. The molecule has 0 rings (SSSR count). The van der Waals surface area contributed by atoms with Crippen LogP contribution in [-0.4, -0.2) is 54.7 Å². The Balaban J connectivity index is 3.67. The van der Waals surface area contributed by atoms with Crippen LogP contribution in [0.4, 0.5) is 4.79 Å². The lowest BCUT2D eigenvalue weighted by Crippen LogP contribution is -2.43. The number of carboxylic acids is 1. The van der Waals surface area contributed by atoms with Crippen LogP contribution < -0.4 is 10.6 Å². The normalized spacial score (nSPS) is 13.8. The van der Waals surface area contributed by atoms with E-state index in [4.69, 9.17) is 5.11 Å². The predicted octanol–water partition coefficient (Wildman–Crippen LogP) is 1.52. The minimum absolute atomic E-state index is 0.0555. The Kier molecular flexibility index (Phi) is 9.80. The maximum absolute atomic E-state index is 11.6. The molecule has 20 heavy (non-hydrogen) atoms. The molecule has 6 nitrogen and oxygen atoms in total. The molecule has 0 saturated heterocycles. The highest BCUT2D eigenvalue weighted by molar-refractivity contribution is 5.74. The van der Waals surface area contributed by atoms with E-state index < -0.39 is 5.97 Å². The molecule has 2 amide bonds. The van der Waals surface area contributed by atoms with E-state index in [1.807, 2.05) is 14.0 Å². The molecule has 0 aromatic carbocycles. The lowest BCUT2D eigenvalue weighted by Gasteiger charge is -2.17. The Hall–Kier alpha value is -1.30. The molecule has 0 fully saturated rings. The van der Waals surface area contributed by atoms with Crippen molar-refractivity contribution in [1.82, 2.24) is 15.5 Å². The zero-order valence-electron chi connectivity index (χ0n) is 13.1. The third-order valence-electron chi connectivity index (χ3n) is 3.39. The second-order valence-corrected chi connectivity index (χ2v) is 5.37. The Labute approximate surface area is 121 Å². The van der Waals surface area contributed by atoms with Gasteiger partial charge >= 0.3 is 12.0 Å². The van der Waals surface area contributed by atoms with Crippen LogP contribution in [0.2, 0.25) is 0 Å². The molecule has 0 aliphatic rings. The summed E-state index contributed by atoms with van der Waals surface area (Å²) in [6.07, 6.45) is 2.23. The van der Waals surface area contributed by atoms with E-state index in [1.54, 1.807) is 6.92 Å². The minimum atomic E-state index is -0.761. The molecule has 2 unspecified atom stereocenters. The van der Waals surface area contributed by atoms with Gasteiger partial charge in [-0.05, 0) is 33.4 Å². The van der Waals surface area contributed by atoms with Crippen LogP contribution in [0.3, 0.4) is 0 Å². The fourth-order valence-electron chi connectivity index (χ4n) is 1.72. The van der Waals surface area contributed by atoms with Crippen LogP contribution >= 0.6 is 0 Å². The summed E-state index contributed by atoms with van der Waals surface area (Å²) in [7, 11) is 2.01. The summed E-state index contributed by atoms with van der Waals surface area (Å²) >= 11 is 0. The number of rotatable bonds is 10. The second-order valence-electron chi connectivity index (χ2n) is 5.37. The number of urea groups is 1. The number of hydrogen-bond acceptors (Lipinski definition) is 3. The van der Waals surface area contributed by atoms with Crippen LogP contribution in [0.1, 0.15) is 40.0 Å². The van der Waals surface area contributed by atoms with E-state index in [0.717, 1.165) is 25.9 Å². The monoisotopic (exact) mass is 287 g/mol. The molecule has 0 heterocycles. The highest BCUT2D eigenvalue weighted by Gasteiger charge is 2.12. The first-order chi connectivity index (χ1) is 9.36. The van der Waals surface area contributed by atoms with Crippen molar-refractivity contribution in [3.05, 3.63) is 0 Å². The lowest BCUT2D eigenvalue weighted by atomic mass is 10.0. The van der Waals surface area contributed by atoms with E-state index in [2.05, 4.69) is 22.5 Å². The average molecular weight is 287 g/mol. The van der Waals surface area contributed by atoms with Gasteiger partial charge in [-0.15, -0.1) is 0 Å². The van der Waals surface area contributed by atoms with Crippen molar-refractivity contribution in [1.29, 1.82) is 0 Å². The molecule has 0 aromatic heterocycles. The summed E-state index contributed by atoms with van der Waals surface area (Å²) in [5, 5.41) is 14.4. The zero-order chi connectivity index (χ0) is 15.5. The number of nitrogens with one attached hydrogen (secondary N) is 2. The third kappa shape index (κ3) is 9.61.